The molecule has 0 radical (unpaired) electrons. The second-order valence-electron chi connectivity index (χ2n) is 4.30. The zero-order chi connectivity index (χ0) is 13.4. The fourth-order valence-corrected chi connectivity index (χ4v) is 1.93. The number of hydrogen-bond acceptors (Lipinski definition) is 2. The molecule has 0 saturated heterocycles. The number of methoxy groups -OCH3 is 1. The zero-order valence-corrected chi connectivity index (χ0v) is 12.5. The molecule has 100 valence electrons. The van der Waals surface area contributed by atoms with Gasteiger partial charge in [-0.3, -0.25) is 4.79 Å². The van der Waals surface area contributed by atoms with E-state index in [9.17, 15) is 4.79 Å². The molecule has 1 atom stereocenters. The maximum Gasteiger partial charge on any atom is 0.224 e. The third-order valence-electron chi connectivity index (χ3n) is 2.62. The second-order valence-corrected chi connectivity index (χ2v) is 5.86. The molecule has 1 rings (SSSR count). The first kappa shape index (κ1) is 15.0. The molecular formula is C14H20BrNO2. The van der Waals surface area contributed by atoms with Crippen molar-refractivity contribution >= 4 is 21.8 Å². The summed E-state index contributed by atoms with van der Waals surface area (Å²) in [5.74, 6) is 0.882. The van der Waals surface area contributed by atoms with Gasteiger partial charge in [0.15, 0.2) is 0 Å². The van der Waals surface area contributed by atoms with Crippen molar-refractivity contribution in [3.8, 4) is 5.75 Å². The van der Waals surface area contributed by atoms with Crippen molar-refractivity contribution in [2.45, 2.75) is 31.0 Å². The molecule has 0 fully saturated rings. The number of benzene rings is 1. The maximum absolute atomic E-state index is 11.7. The first-order valence-electron chi connectivity index (χ1n) is 6.15. The topological polar surface area (TPSA) is 38.3 Å². The normalized spacial score (nSPS) is 11.9. The Kier molecular flexibility index (Phi) is 6.80. The molecule has 0 aliphatic carbocycles. The lowest BCUT2D eigenvalue weighted by atomic mass is 10.1. The molecule has 1 amide bonds. The number of halogens is 1. The highest BCUT2D eigenvalue weighted by Gasteiger charge is 2.03. The second kappa shape index (κ2) is 8.14. The van der Waals surface area contributed by atoms with E-state index in [4.69, 9.17) is 4.74 Å². The largest absolute Gasteiger partial charge is 0.497 e. The van der Waals surface area contributed by atoms with E-state index >= 15 is 0 Å². The van der Waals surface area contributed by atoms with Crippen LogP contribution in [0.2, 0.25) is 0 Å². The van der Waals surface area contributed by atoms with Gasteiger partial charge in [-0.1, -0.05) is 35.0 Å². The average molecular weight is 314 g/mol. The van der Waals surface area contributed by atoms with Gasteiger partial charge < -0.3 is 10.1 Å². The number of alkyl halides is 1. The molecular weight excluding hydrogens is 294 g/mol. The third-order valence-corrected chi connectivity index (χ3v) is 3.08. The van der Waals surface area contributed by atoms with Gasteiger partial charge in [-0.25, -0.2) is 0 Å². The Hall–Kier alpha value is -1.03. The van der Waals surface area contributed by atoms with Crippen molar-refractivity contribution in [2.24, 2.45) is 0 Å². The monoisotopic (exact) mass is 313 g/mol. The van der Waals surface area contributed by atoms with E-state index in [1.807, 2.05) is 24.3 Å². The minimum atomic E-state index is 0.0717. The SMILES string of the molecule is COc1ccc(CC(=O)NCCCC(C)Br)cc1. The van der Waals surface area contributed by atoms with Gasteiger partial charge in [0.1, 0.15) is 5.75 Å². The number of amides is 1. The van der Waals surface area contributed by atoms with Gasteiger partial charge in [0, 0.05) is 11.4 Å². The lowest BCUT2D eigenvalue weighted by Gasteiger charge is -2.07. The molecule has 18 heavy (non-hydrogen) atoms. The van der Waals surface area contributed by atoms with Gasteiger partial charge in [0.2, 0.25) is 5.91 Å². The van der Waals surface area contributed by atoms with Crippen LogP contribution in [0.4, 0.5) is 0 Å². The van der Waals surface area contributed by atoms with Gasteiger partial charge >= 0.3 is 0 Å². The summed E-state index contributed by atoms with van der Waals surface area (Å²) in [5.41, 5.74) is 1.00. The molecule has 1 N–H and O–H groups in total. The highest BCUT2D eigenvalue weighted by molar-refractivity contribution is 9.09. The van der Waals surface area contributed by atoms with Gasteiger partial charge in [-0.05, 0) is 30.5 Å². The van der Waals surface area contributed by atoms with Crippen LogP contribution in [0.5, 0.6) is 5.75 Å². The van der Waals surface area contributed by atoms with Crippen LogP contribution in [0.3, 0.4) is 0 Å². The van der Waals surface area contributed by atoms with Crippen molar-refractivity contribution in [2.75, 3.05) is 13.7 Å². The molecule has 0 saturated carbocycles. The minimum Gasteiger partial charge on any atom is -0.497 e. The summed E-state index contributed by atoms with van der Waals surface area (Å²) in [6, 6.07) is 7.57. The lowest BCUT2D eigenvalue weighted by Crippen LogP contribution is -2.26. The van der Waals surface area contributed by atoms with E-state index in [1.165, 1.54) is 0 Å². The fraction of sp³-hybridized carbons (Fsp3) is 0.500. The van der Waals surface area contributed by atoms with Crippen LogP contribution in [0, 0.1) is 0 Å². The van der Waals surface area contributed by atoms with E-state index in [2.05, 4.69) is 28.2 Å². The molecule has 0 bridgehead atoms. The van der Waals surface area contributed by atoms with Crippen molar-refractivity contribution < 1.29 is 9.53 Å². The number of rotatable bonds is 7. The van der Waals surface area contributed by atoms with Crippen LogP contribution in [0.1, 0.15) is 25.3 Å². The summed E-state index contributed by atoms with van der Waals surface area (Å²) < 4.78 is 5.07. The van der Waals surface area contributed by atoms with Crippen LogP contribution in [0.15, 0.2) is 24.3 Å². The molecule has 0 aliphatic rings. The van der Waals surface area contributed by atoms with Gasteiger partial charge in [-0.15, -0.1) is 0 Å². The van der Waals surface area contributed by atoms with Crippen molar-refractivity contribution in [1.29, 1.82) is 0 Å². The number of carbonyl (C=O) groups is 1. The van der Waals surface area contributed by atoms with Gasteiger partial charge in [-0.2, -0.15) is 0 Å². The van der Waals surface area contributed by atoms with Crippen LogP contribution >= 0.6 is 15.9 Å². The highest BCUT2D eigenvalue weighted by Crippen LogP contribution is 2.11. The van der Waals surface area contributed by atoms with E-state index in [0.717, 1.165) is 30.7 Å². The Balaban J connectivity index is 2.26. The molecule has 0 aliphatic heterocycles. The molecule has 0 heterocycles. The number of hydrogen-bond donors (Lipinski definition) is 1. The zero-order valence-electron chi connectivity index (χ0n) is 10.9. The maximum atomic E-state index is 11.7. The van der Waals surface area contributed by atoms with Crippen molar-refractivity contribution in [3.05, 3.63) is 29.8 Å². The van der Waals surface area contributed by atoms with Gasteiger partial charge in [0.25, 0.3) is 0 Å². The van der Waals surface area contributed by atoms with E-state index in [0.29, 0.717) is 11.2 Å². The molecule has 1 unspecified atom stereocenters. The Morgan fingerprint density at radius 3 is 2.61 bits per heavy atom. The Morgan fingerprint density at radius 2 is 2.06 bits per heavy atom. The van der Waals surface area contributed by atoms with Crippen molar-refractivity contribution in [3.63, 3.8) is 0 Å². The summed E-state index contributed by atoms with van der Waals surface area (Å²) in [4.78, 5) is 12.2. The molecule has 0 spiro atoms. The van der Waals surface area contributed by atoms with E-state index < -0.39 is 0 Å². The Bertz CT molecular complexity index is 363. The smallest absolute Gasteiger partial charge is 0.224 e. The summed E-state index contributed by atoms with van der Waals surface area (Å²) in [7, 11) is 1.63. The van der Waals surface area contributed by atoms with Crippen LogP contribution < -0.4 is 10.1 Å². The fourth-order valence-electron chi connectivity index (χ4n) is 1.60. The Labute approximate surface area is 117 Å². The standard InChI is InChI=1S/C14H20BrNO2/c1-11(15)4-3-9-16-14(17)10-12-5-7-13(18-2)8-6-12/h5-8,11H,3-4,9-10H2,1-2H3,(H,16,17). The summed E-state index contributed by atoms with van der Waals surface area (Å²) >= 11 is 3.48. The number of ether oxygens (including phenoxy) is 1. The lowest BCUT2D eigenvalue weighted by molar-refractivity contribution is -0.120. The minimum absolute atomic E-state index is 0.0717. The third kappa shape index (κ3) is 6.05. The highest BCUT2D eigenvalue weighted by atomic mass is 79.9. The van der Waals surface area contributed by atoms with Crippen LogP contribution in [-0.2, 0) is 11.2 Å². The summed E-state index contributed by atoms with van der Waals surface area (Å²) in [6.07, 6.45) is 2.50. The summed E-state index contributed by atoms with van der Waals surface area (Å²) in [5, 5.41) is 2.92. The van der Waals surface area contributed by atoms with Gasteiger partial charge in [0.05, 0.1) is 13.5 Å². The predicted molar refractivity (Wildman–Crippen MR) is 77.3 cm³/mol. The summed E-state index contributed by atoms with van der Waals surface area (Å²) in [6.45, 7) is 2.85. The predicted octanol–water partition coefficient (Wildman–Crippen LogP) is 2.92. The van der Waals surface area contributed by atoms with E-state index in [-0.39, 0.29) is 5.91 Å². The quantitative estimate of drug-likeness (QED) is 0.621. The molecule has 3 nitrogen and oxygen atoms in total. The molecule has 0 aromatic heterocycles. The first-order chi connectivity index (χ1) is 8.61. The Morgan fingerprint density at radius 1 is 1.39 bits per heavy atom. The molecule has 1 aromatic rings. The van der Waals surface area contributed by atoms with Crippen LogP contribution in [-0.4, -0.2) is 24.4 Å². The average Bonchev–Trinajstić information content (AvgIpc) is 2.35. The van der Waals surface area contributed by atoms with E-state index in [1.54, 1.807) is 7.11 Å². The number of nitrogens with one attached hydrogen (secondary N) is 1. The molecule has 1 aromatic carbocycles. The number of carbonyl (C=O) groups excluding carboxylic acids is 1. The van der Waals surface area contributed by atoms with Crippen LogP contribution in [0.25, 0.3) is 0 Å². The molecule has 4 heteroatoms. The first-order valence-corrected chi connectivity index (χ1v) is 7.07. The van der Waals surface area contributed by atoms with Crippen molar-refractivity contribution in [1.82, 2.24) is 5.32 Å².